The third-order valence-electron chi connectivity index (χ3n) is 4.22. The van der Waals surface area contributed by atoms with E-state index in [1.807, 2.05) is 24.3 Å². The zero-order valence-electron chi connectivity index (χ0n) is 13.5. The van der Waals surface area contributed by atoms with E-state index < -0.39 is 0 Å². The molecule has 1 amide bonds. The fraction of sp³-hybridized carbons (Fsp3) is 0.471. The van der Waals surface area contributed by atoms with Gasteiger partial charge in [0.25, 0.3) is 0 Å². The molecule has 5 heteroatoms. The van der Waals surface area contributed by atoms with E-state index in [0.717, 1.165) is 29.0 Å². The molecule has 0 saturated heterocycles. The van der Waals surface area contributed by atoms with Gasteiger partial charge in [0.15, 0.2) is 0 Å². The molecule has 0 aromatic heterocycles. The molecule has 1 atom stereocenters. The minimum absolute atomic E-state index is 0.00646. The van der Waals surface area contributed by atoms with E-state index in [4.69, 9.17) is 9.47 Å². The average Bonchev–Trinajstić information content (AvgIpc) is 2.84. The molecule has 3 rings (SSSR count). The minimum atomic E-state index is -0.205. The van der Waals surface area contributed by atoms with E-state index in [1.54, 1.807) is 19.0 Å². The maximum absolute atomic E-state index is 12.0. The number of rotatable bonds is 2. The summed E-state index contributed by atoms with van der Waals surface area (Å²) in [6.07, 6.45) is 0.777. The molecule has 0 aliphatic carbocycles. The molecule has 118 valence electrons. The molecule has 2 aliphatic rings. The van der Waals surface area contributed by atoms with Crippen LogP contribution in [-0.2, 0) is 9.53 Å². The molecule has 2 aliphatic heterocycles. The maximum atomic E-state index is 12.0. The lowest BCUT2D eigenvalue weighted by atomic mass is 9.91. The molecule has 0 spiro atoms. The molecule has 1 N–H and O–H groups in total. The number of hydrazine groups is 1. The van der Waals surface area contributed by atoms with E-state index in [0.29, 0.717) is 6.61 Å². The van der Waals surface area contributed by atoms with Crippen molar-refractivity contribution in [3.63, 3.8) is 0 Å². The van der Waals surface area contributed by atoms with Gasteiger partial charge in [-0.1, -0.05) is 12.1 Å². The Bertz CT molecular complexity index is 619. The lowest BCUT2D eigenvalue weighted by Gasteiger charge is -2.31. The highest BCUT2D eigenvalue weighted by Crippen LogP contribution is 2.41. The fourth-order valence-electron chi connectivity index (χ4n) is 3.07. The quantitative estimate of drug-likeness (QED) is 0.912. The van der Waals surface area contributed by atoms with Crippen molar-refractivity contribution in [1.82, 2.24) is 10.4 Å². The van der Waals surface area contributed by atoms with Crippen LogP contribution in [0.3, 0.4) is 0 Å². The second kappa shape index (κ2) is 5.32. The van der Waals surface area contributed by atoms with Crippen molar-refractivity contribution >= 4 is 5.91 Å². The van der Waals surface area contributed by atoms with Crippen LogP contribution in [-0.4, -0.2) is 30.2 Å². The summed E-state index contributed by atoms with van der Waals surface area (Å²) in [5, 5.41) is 1.69. The second-order valence-electron chi connectivity index (χ2n) is 6.41. The van der Waals surface area contributed by atoms with Crippen molar-refractivity contribution in [2.24, 2.45) is 0 Å². The number of methoxy groups -OCH3 is 1. The standard InChI is InChI=1S/C17H22N2O3/c1-11(20)19-16(12-5-7-13(21-4)8-6-12)14-10-22-17(2,3)9-15(14)18-19/h5-8,16,18H,9-10H2,1-4H3. The van der Waals surface area contributed by atoms with Crippen LogP contribution in [0.4, 0.5) is 0 Å². The normalized spacial score (nSPS) is 23.1. The van der Waals surface area contributed by atoms with Crippen molar-refractivity contribution in [2.45, 2.75) is 38.8 Å². The van der Waals surface area contributed by atoms with Crippen molar-refractivity contribution in [3.8, 4) is 5.75 Å². The summed E-state index contributed by atoms with van der Waals surface area (Å²) in [6, 6.07) is 7.71. The first kappa shape index (κ1) is 14.9. The summed E-state index contributed by atoms with van der Waals surface area (Å²) in [6.45, 7) is 6.25. The van der Waals surface area contributed by atoms with Gasteiger partial charge in [0.05, 0.1) is 19.3 Å². The van der Waals surface area contributed by atoms with E-state index >= 15 is 0 Å². The van der Waals surface area contributed by atoms with E-state index in [-0.39, 0.29) is 17.6 Å². The summed E-state index contributed by atoms with van der Waals surface area (Å²) in [7, 11) is 1.64. The number of hydrogen-bond acceptors (Lipinski definition) is 4. The van der Waals surface area contributed by atoms with Crippen molar-refractivity contribution < 1.29 is 14.3 Å². The summed E-state index contributed by atoms with van der Waals surface area (Å²) in [4.78, 5) is 12.0. The van der Waals surface area contributed by atoms with Crippen LogP contribution < -0.4 is 10.2 Å². The molecule has 0 radical (unpaired) electrons. The Hall–Kier alpha value is -2.01. The Morgan fingerprint density at radius 1 is 1.36 bits per heavy atom. The fourth-order valence-corrected chi connectivity index (χ4v) is 3.07. The molecule has 1 aromatic carbocycles. The molecular weight excluding hydrogens is 280 g/mol. The average molecular weight is 302 g/mol. The largest absolute Gasteiger partial charge is 0.497 e. The Morgan fingerprint density at radius 2 is 2.05 bits per heavy atom. The number of hydrogen-bond donors (Lipinski definition) is 1. The highest BCUT2D eigenvalue weighted by atomic mass is 16.5. The molecular formula is C17H22N2O3. The van der Waals surface area contributed by atoms with Crippen LogP contribution in [0.25, 0.3) is 0 Å². The molecule has 0 saturated carbocycles. The van der Waals surface area contributed by atoms with Gasteiger partial charge in [-0.25, -0.2) is 5.01 Å². The first-order valence-corrected chi connectivity index (χ1v) is 7.47. The van der Waals surface area contributed by atoms with Gasteiger partial charge in [-0.2, -0.15) is 0 Å². The summed E-state index contributed by atoms with van der Waals surface area (Å²) in [5.41, 5.74) is 6.37. The summed E-state index contributed by atoms with van der Waals surface area (Å²) < 4.78 is 11.2. The van der Waals surface area contributed by atoms with Gasteiger partial charge in [-0.3, -0.25) is 10.2 Å². The van der Waals surface area contributed by atoms with Gasteiger partial charge in [-0.15, -0.1) is 0 Å². The zero-order chi connectivity index (χ0) is 15.9. The van der Waals surface area contributed by atoms with Crippen molar-refractivity contribution in [2.75, 3.05) is 13.7 Å². The maximum Gasteiger partial charge on any atom is 0.238 e. The number of nitrogens with one attached hydrogen (secondary N) is 1. The molecule has 1 aromatic rings. The van der Waals surface area contributed by atoms with Gasteiger partial charge >= 0.3 is 0 Å². The second-order valence-corrected chi connectivity index (χ2v) is 6.41. The van der Waals surface area contributed by atoms with Gasteiger partial charge in [-0.05, 0) is 31.5 Å². The van der Waals surface area contributed by atoms with Crippen molar-refractivity contribution in [1.29, 1.82) is 0 Å². The van der Waals surface area contributed by atoms with Crippen LogP contribution in [0.5, 0.6) is 5.75 Å². The smallest absolute Gasteiger partial charge is 0.238 e. The van der Waals surface area contributed by atoms with Crippen LogP contribution in [0, 0.1) is 0 Å². The van der Waals surface area contributed by atoms with Crippen LogP contribution in [0.15, 0.2) is 35.5 Å². The molecule has 22 heavy (non-hydrogen) atoms. The summed E-state index contributed by atoms with van der Waals surface area (Å²) in [5.74, 6) is 0.798. The number of benzene rings is 1. The highest BCUT2D eigenvalue weighted by Gasteiger charge is 2.41. The third-order valence-corrected chi connectivity index (χ3v) is 4.22. The topological polar surface area (TPSA) is 50.8 Å². The first-order valence-electron chi connectivity index (χ1n) is 7.47. The number of ether oxygens (including phenoxy) is 2. The lowest BCUT2D eigenvalue weighted by molar-refractivity contribution is -0.132. The van der Waals surface area contributed by atoms with Crippen LogP contribution in [0.1, 0.15) is 38.8 Å². The van der Waals surface area contributed by atoms with E-state index in [9.17, 15) is 4.79 Å². The molecule has 0 bridgehead atoms. The molecule has 0 fully saturated rings. The molecule has 1 unspecified atom stereocenters. The summed E-state index contributed by atoms with van der Waals surface area (Å²) >= 11 is 0. The van der Waals surface area contributed by atoms with Gasteiger partial charge in [0.1, 0.15) is 11.8 Å². The Labute approximate surface area is 130 Å². The zero-order valence-corrected chi connectivity index (χ0v) is 13.5. The van der Waals surface area contributed by atoms with E-state index in [2.05, 4.69) is 19.3 Å². The minimum Gasteiger partial charge on any atom is -0.497 e. The Balaban J connectivity index is 1.97. The lowest BCUT2D eigenvalue weighted by Crippen LogP contribution is -2.39. The van der Waals surface area contributed by atoms with Gasteiger partial charge < -0.3 is 9.47 Å². The number of carbonyl (C=O) groups excluding carboxylic acids is 1. The monoisotopic (exact) mass is 302 g/mol. The van der Waals surface area contributed by atoms with Gasteiger partial charge in [0.2, 0.25) is 5.91 Å². The number of carbonyl (C=O) groups is 1. The predicted octanol–water partition coefficient (Wildman–Crippen LogP) is 2.56. The Morgan fingerprint density at radius 3 is 2.64 bits per heavy atom. The van der Waals surface area contributed by atoms with Gasteiger partial charge in [0, 0.05) is 24.6 Å². The molecule has 2 heterocycles. The number of amides is 1. The molecule has 5 nitrogen and oxygen atoms in total. The SMILES string of the molecule is COc1ccc(C2C3=C(CC(C)(C)OC3)NN2C(C)=O)cc1. The number of nitrogens with zero attached hydrogens (tertiary/aromatic N) is 1. The van der Waals surface area contributed by atoms with Crippen LogP contribution >= 0.6 is 0 Å². The predicted molar refractivity (Wildman–Crippen MR) is 83.1 cm³/mol. The van der Waals surface area contributed by atoms with Crippen LogP contribution in [0.2, 0.25) is 0 Å². The Kier molecular flexibility index (Phi) is 3.60. The first-order chi connectivity index (χ1) is 10.4. The van der Waals surface area contributed by atoms with E-state index in [1.165, 1.54) is 0 Å². The highest BCUT2D eigenvalue weighted by molar-refractivity contribution is 5.75. The van der Waals surface area contributed by atoms with Crippen molar-refractivity contribution in [3.05, 3.63) is 41.1 Å². The third kappa shape index (κ3) is 2.57.